The lowest BCUT2D eigenvalue weighted by Crippen LogP contribution is -2.35. The predicted octanol–water partition coefficient (Wildman–Crippen LogP) is 1.61. The van der Waals surface area contributed by atoms with Crippen LogP contribution in [0.15, 0.2) is 18.2 Å². The molecule has 0 heterocycles. The summed E-state index contributed by atoms with van der Waals surface area (Å²) in [6.45, 7) is 3.82. The lowest BCUT2D eigenvalue weighted by atomic mass is 10.1. The van der Waals surface area contributed by atoms with Gasteiger partial charge in [0.2, 0.25) is 5.91 Å². The maximum Gasteiger partial charge on any atom is 0.241 e. The molecule has 4 heteroatoms. The fraction of sp³-hybridized carbons (Fsp3) is 0.462. The third kappa shape index (κ3) is 3.46. The Morgan fingerprint density at radius 1 is 1.35 bits per heavy atom. The Balaban J connectivity index is 2.83. The molecule has 4 nitrogen and oxygen atoms in total. The Hall–Kier alpha value is -1.55. The van der Waals surface area contributed by atoms with Gasteiger partial charge in [0, 0.05) is 25.5 Å². The number of hydrogen-bond acceptors (Lipinski definition) is 3. The van der Waals surface area contributed by atoms with Crippen molar-refractivity contribution in [3.8, 4) is 0 Å². The quantitative estimate of drug-likeness (QED) is 0.833. The zero-order chi connectivity index (χ0) is 13.0. The zero-order valence-corrected chi connectivity index (χ0v) is 11.2. The summed E-state index contributed by atoms with van der Waals surface area (Å²) in [5, 5.41) is 5.82. The molecule has 17 heavy (non-hydrogen) atoms. The molecule has 0 aliphatic carbocycles. The number of nitrogens with one attached hydrogen (secondary N) is 2. The van der Waals surface area contributed by atoms with Crippen molar-refractivity contribution in [2.45, 2.75) is 19.9 Å². The van der Waals surface area contributed by atoms with Crippen LogP contribution in [0.3, 0.4) is 0 Å². The van der Waals surface area contributed by atoms with Crippen molar-refractivity contribution in [3.63, 3.8) is 0 Å². The Bertz CT molecular complexity index is 402. The fourth-order valence-electron chi connectivity index (χ4n) is 1.44. The average molecular weight is 235 g/mol. The van der Waals surface area contributed by atoms with Crippen LogP contribution in [-0.4, -0.2) is 33.1 Å². The molecule has 0 spiro atoms. The summed E-state index contributed by atoms with van der Waals surface area (Å²) in [5.74, 6) is -0.0202. The molecule has 1 rings (SSSR count). The van der Waals surface area contributed by atoms with Gasteiger partial charge in [0.15, 0.2) is 0 Å². The van der Waals surface area contributed by atoms with Gasteiger partial charge in [0.1, 0.15) is 0 Å². The van der Waals surface area contributed by atoms with E-state index < -0.39 is 0 Å². The van der Waals surface area contributed by atoms with Crippen molar-refractivity contribution in [2.75, 3.05) is 31.4 Å². The minimum absolute atomic E-state index is 0.0202. The molecular formula is C13H21N3O. The average Bonchev–Trinajstić information content (AvgIpc) is 2.30. The maximum atomic E-state index is 11.7. The van der Waals surface area contributed by atoms with Gasteiger partial charge in [0.05, 0.1) is 6.04 Å². The largest absolute Gasteiger partial charge is 0.378 e. The number of benzene rings is 1. The Morgan fingerprint density at radius 2 is 2.00 bits per heavy atom. The Kier molecular flexibility index (Phi) is 4.52. The van der Waals surface area contributed by atoms with Gasteiger partial charge in [-0.1, -0.05) is 0 Å². The van der Waals surface area contributed by atoms with Gasteiger partial charge in [-0.25, -0.2) is 0 Å². The second-order valence-corrected chi connectivity index (χ2v) is 4.39. The highest BCUT2D eigenvalue weighted by Gasteiger charge is 2.11. The van der Waals surface area contributed by atoms with E-state index in [9.17, 15) is 4.79 Å². The lowest BCUT2D eigenvalue weighted by molar-refractivity contribution is -0.117. The zero-order valence-electron chi connectivity index (χ0n) is 11.2. The number of likely N-dealkylation sites (N-methyl/N-ethyl adjacent to an activating group) is 1. The van der Waals surface area contributed by atoms with E-state index >= 15 is 0 Å². The minimum atomic E-state index is -0.192. The second-order valence-electron chi connectivity index (χ2n) is 4.39. The third-order valence-electron chi connectivity index (χ3n) is 2.81. The van der Waals surface area contributed by atoms with Crippen molar-refractivity contribution in [1.82, 2.24) is 5.32 Å². The smallest absolute Gasteiger partial charge is 0.241 e. The predicted molar refractivity (Wildman–Crippen MR) is 72.7 cm³/mol. The number of carbonyl (C=O) groups is 1. The summed E-state index contributed by atoms with van der Waals surface area (Å²) in [7, 11) is 5.76. The summed E-state index contributed by atoms with van der Waals surface area (Å²) in [6, 6.07) is 5.79. The van der Waals surface area contributed by atoms with Crippen molar-refractivity contribution < 1.29 is 4.79 Å². The molecule has 0 aliphatic heterocycles. The molecule has 0 saturated heterocycles. The van der Waals surface area contributed by atoms with Crippen molar-refractivity contribution in [2.24, 2.45) is 0 Å². The van der Waals surface area contributed by atoms with E-state index in [1.165, 1.54) is 0 Å². The van der Waals surface area contributed by atoms with Crippen LogP contribution < -0.4 is 15.5 Å². The van der Waals surface area contributed by atoms with Crippen molar-refractivity contribution >= 4 is 17.3 Å². The third-order valence-corrected chi connectivity index (χ3v) is 2.81. The standard InChI is InChI=1S/C13H21N3O/c1-9-8-11(16(4)5)6-7-12(9)15-13(17)10(2)14-3/h6-8,10,14H,1-5H3,(H,15,17). The van der Waals surface area contributed by atoms with Crippen LogP contribution in [0, 0.1) is 6.92 Å². The van der Waals surface area contributed by atoms with Gasteiger partial charge in [-0.2, -0.15) is 0 Å². The maximum absolute atomic E-state index is 11.7. The van der Waals surface area contributed by atoms with E-state index in [0.717, 1.165) is 16.9 Å². The first kappa shape index (κ1) is 13.5. The van der Waals surface area contributed by atoms with Crippen LogP contribution in [0.4, 0.5) is 11.4 Å². The number of hydrogen-bond donors (Lipinski definition) is 2. The topological polar surface area (TPSA) is 44.4 Å². The van der Waals surface area contributed by atoms with E-state index in [4.69, 9.17) is 0 Å². The van der Waals surface area contributed by atoms with Crippen molar-refractivity contribution in [1.29, 1.82) is 0 Å². The molecule has 0 aromatic heterocycles. The van der Waals surface area contributed by atoms with Crippen LogP contribution in [0.25, 0.3) is 0 Å². The van der Waals surface area contributed by atoms with Crippen molar-refractivity contribution in [3.05, 3.63) is 23.8 Å². The summed E-state index contributed by atoms with van der Waals surface area (Å²) in [6.07, 6.45) is 0. The van der Waals surface area contributed by atoms with Gasteiger partial charge in [0.25, 0.3) is 0 Å². The number of rotatable bonds is 4. The summed E-state index contributed by atoms with van der Waals surface area (Å²) in [4.78, 5) is 13.8. The monoisotopic (exact) mass is 235 g/mol. The van der Waals surface area contributed by atoms with E-state index in [-0.39, 0.29) is 11.9 Å². The molecule has 94 valence electrons. The second kappa shape index (κ2) is 5.68. The lowest BCUT2D eigenvalue weighted by Gasteiger charge is -2.16. The van der Waals surface area contributed by atoms with Crippen LogP contribution in [-0.2, 0) is 4.79 Å². The van der Waals surface area contributed by atoms with Gasteiger partial charge in [-0.3, -0.25) is 4.79 Å². The molecule has 1 unspecified atom stereocenters. The van der Waals surface area contributed by atoms with Gasteiger partial charge in [-0.05, 0) is 44.7 Å². The number of amides is 1. The van der Waals surface area contributed by atoms with E-state index in [0.29, 0.717) is 0 Å². The first-order valence-corrected chi connectivity index (χ1v) is 5.71. The molecule has 0 bridgehead atoms. The van der Waals surface area contributed by atoms with Crippen LogP contribution in [0.1, 0.15) is 12.5 Å². The van der Waals surface area contributed by atoms with Crippen LogP contribution in [0.2, 0.25) is 0 Å². The SMILES string of the molecule is CNC(C)C(=O)Nc1ccc(N(C)C)cc1C. The highest BCUT2D eigenvalue weighted by Crippen LogP contribution is 2.21. The summed E-state index contributed by atoms with van der Waals surface area (Å²) >= 11 is 0. The molecular weight excluding hydrogens is 214 g/mol. The fourth-order valence-corrected chi connectivity index (χ4v) is 1.44. The molecule has 0 aliphatic rings. The van der Waals surface area contributed by atoms with Gasteiger partial charge < -0.3 is 15.5 Å². The molecule has 1 atom stereocenters. The summed E-state index contributed by atoms with van der Waals surface area (Å²) in [5.41, 5.74) is 3.05. The Labute approximate surface area is 103 Å². The number of carbonyl (C=O) groups excluding carboxylic acids is 1. The number of anilines is 2. The highest BCUT2D eigenvalue weighted by atomic mass is 16.2. The molecule has 1 aromatic carbocycles. The minimum Gasteiger partial charge on any atom is -0.378 e. The normalized spacial score (nSPS) is 12.1. The molecule has 2 N–H and O–H groups in total. The summed E-state index contributed by atoms with van der Waals surface area (Å²) < 4.78 is 0. The Morgan fingerprint density at radius 3 is 2.47 bits per heavy atom. The highest BCUT2D eigenvalue weighted by molar-refractivity contribution is 5.95. The number of aryl methyl sites for hydroxylation is 1. The molecule has 1 aromatic rings. The first-order chi connectivity index (χ1) is 7.95. The number of nitrogens with zero attached hydrogens (tertiary/aromatic N) is 1. The molecule has 0 saturated carbocycles. The first-order valence-electron chi connectivity index (χ1n) is 5.71. The van der Waals surface area contributed by atoms with E-state index in [1.807, 2.05) is 45.0 Å². The van der Waals surface area contributed by atoms with Crippen LogP contribution in [0.5, 0.6) is 0 Å². The van der Waals surface area contributed by atoms with E-state index in [2.05, 4.69) is 16.7 Å². The molecule has 0 fully saturated rings. The molecule has 0 radical (unpaired) electrons. The van der Waals surface area contributed by atoms with E-state index in [1.54, 1.807) is 7.05 Å². The van der Waals surface area contributed by atoms with Gasteiger partial charge >= 0.3 is 0 Å². The molecule has 1 amide bonds. The van der Waals surface area contributed by atoms with Crippen LogP contribution >= 0.6 is 0 Å². The van der Waals surface area contributed by atoms with Gasteiger partial charge in [-0.15, -0.1) is 0 Å².